The topological polar surface area (TPSA) is 55.1 Å². The third-order valence-corrected chi connectivity index (χ3v) is 4.21. The van der Waals surface area contributed by atoms with E-state index >= 15 is 0 Å². The zero-order valence-corrected chi connectivity index (χ0v) is 11.3. The lowest BCUT2D eigenvalue weighted by Gasteiger charge is -2.02. The maximum absolute atomic E-state index is 11.3. The van der Waals surface area contributed by atoms with Gasteiger partial charge in [0.1, 0.15) is 4.88 Å². The van der Waals surface area contributed by atoms with Crippen LogP contribution in [0.3, 0.4) is 0 Å². The Labute approximate surface area is 117 Å². The molecule has 0 unspecified atom stereocenters. The largest absolute Gasteiger partial charge is 0.477 e. The predicted octanol–water partition coefficient (Wildman–Crippen LogP) is 3.50. The molecule has 1 N–H and O–H groups in total. The van der Waals surface area contributed by atoms with Crippen molar-refractivity contribution in [3.63, 3.8) is 0 Å². The van der Waals surface area contributed by atoms with Gasteiger partial charge in [-0.15, -0.1) is 11.3 Å². The number of aromatic carboxylic acids is 1. The SMILES string of the molecule is O=C(O)c1sc2ccccc2c1Cn1cc(Cl)cn1. The second kappa shape index (κ2) is 4.68. The zero-order valence-electron chi connectivity index (χ0n) is 9.71. The lowest BCUT2D eigenvalue weighted by Crippen LogP contribution is -2.04. The van der Waals surface area contributed by atoms with E-state index in [1.54, 1.807) is 10.9 Å². The number of carboxylic acids is 1. The minimum absolute atomic E-state index is 0.354. The molecule has 0 spiro atoms. The Morgan fingerprint density at radius 3 is 2.89 bits per heavy atom. The average molecular weight is 293 g/mol. The second-order valence-electron chi connectivity index (χ2n) is 4.07. The van der Waals surface area contributed by atoms with Crippen LogP contribution in [-0.4, -0.2) is 20.9 Å². The van der Waals surface area contributed by atoms with Crippen molar-refractivity contribution in [3.8, 4) is 0 Å². The smallest absolute Gasteiger partial charge is 0.346 e. The van der Waals surface area contributed by atoms with E-state index in [1.807, 2.05) is 24.3 Å². The number of thiophene rings is 1. The van der Waals surface area contributed by atoms with Crippen molar-refractivity contribution in [3.05, 3.63) is 52.1 Å². The molecule has 6 heteroatoms. The lowest BCUT2D eigenvalue weighted by atomic mass is 10.1. The van der Waals surface area contributed by atoms with Gasteiger partial charge in [0.2, 0.25) is 0 Å². The summed E-state index contributed by atoms with van der Waals surface area (Å²) in [6.45, 7) is 0.401. The highest BCUT2D eigenvalue weighted by Crippen LogP contribution is 2.31. The summed E-state index contributed by atoms with van der Waals surface area (Å²) >= 11 is 7.11. The Kier molecular flexibility index (Phi) is 3.00. The molecule has 1 aromatic carbocycles. The first-order chi connectivity index (χ1) is 9.15. The van der Waals surface area contributed by atoms with Gasteiger partial charge in [0, 0.05) is 16.5 Å². The molecule has 0 aliphatic rings. The monoisotopic (exact) mass is 292 g/mol. The van der Waals surface area contributed by atoms with Crippen molar-refractivity contribution in [2.75, 3.05) is 0 Å². The van der Waals surface area contributed by atoms with E-state index in [0.717, 1.165) is 15.6 Å². The second-order valence-corrected chi connectivity index (χ2v) is 5.56. The van der Waals surface area contributed by atoms with Crippen molar-refractivity contribution < 1.29 is 9.90 Å². The lowest BCUT2D eigenvalue weighted by molar-refractivity contribution is 0.0701. The highest BCUT2D eigenvalue weighted by atomic mass is 35.5. The van der Waals surface area contributed by atoms with Crippen LogP contribution in [0, 0.1) is 0 Å². The fourth-order valence-corrected chi connectivity index (χ4v) is 3.22. The predicted molar refractivity (Wildman–Crippen MR) is 75.1 cm³/mol. The number of carbonyl (C=O) groups is 1. The first kappa shape index (κ1) is 12.2. The molecule has 0 aliphatic carbocycles. The summed E-state index contributed by atoms with van der Waals surface area (Å²) in [5.74, 6) is -0.908. The standard InChI is InChI=1S/C13H9ClN2O2S/c14-8-5-15-16(6-8)7-10-9-3-1-2-4-11(9)19-12(10)13(17)18/h1-6H,7H2,(H,17,18). The summed E-state index contributed by atoms with van der Waals surface area (Å²) in [7, 11) is 0. The molecule has 3 rings (SSSR count). The summed E-state index contributed by atoms with van der Waals surface area (Å²) in [4.78, 5) is 11.7. The van der Waals surface area contributed by atoms with Gasteiger partial charge in [0.15, 0.2) is 0 Å². The normalized spacial score (nSPS) is 11.0. The number of aromatic nitrogens is 2. The highest BCUT2D eigenvalue weighted by molar-refractivity contribution is 7.21. The quantitative estimate of drug-likeness (QED) is 0.804. The Balaban J connectivity index is 2.14. The molecule has 2 heterocycles. The van der Waals surface area contributed by atoms with E-state index in [9.17, 15) is 9.90 Å². The molecular formula is C13H9ClN2O2S. The fraction of sp³-hybridized carbons (Fsp3) is 0.0769. The van der Waals surface area contributed by atoms with Crippen molar-refractivity contribution in [1.29, 1.82) is 0 Å². The molecule has 96 valence electrons. The van der Waals surface area contributed by atoms with Gasteiger partial charge in [-0.1, -0.05) is 29.8 Å². The molecule has 0 radical (unpaired) electrons. The number of hydrogen-bond acceptors (Lipinski definition) is 3. The number of halogens is 1. The van der Waals surface area contributed by atoms with E-state index in [4.69, 9.17) is 11.6 Å². The maximum atomic E-state index is 11.3. The van der Waals surface area contributed by atoms with Gasteiger partial charge < -0.3 is 5.11 Å². The average Bonchev–Trinajstić information content (AvgIpc) is 2.95. The Morgan fingerprint density at radius 1 is 1.42 bits per heavy atom. The molecule has 3 aromatic rings. The van der Waals surface area contributed by atoms with Crippen LogP contribution in [0.4, 0.5) is 0 Å². The Hall–Kier alpha value is -1.85. The number of fused-ring (bicyclic) bond motifs is 1. The van der Waals surface area contributed by atoms with Crippen molar-refractivity contribution in [1.82, 2.24) is 9.78 Å². The minimum atomic E-state index is -0.908. The molecule has 0 amide bonds. The number of carboxylic acid groups (broad SMARTS) is 1. The molecule has 19 heavy (non-hydrogen) atoms. The third kappa shape index (κ3) is 2.22. The number of hydrogen-bond donors (Lipinski definition) is 1. The fourth-order valence-electron chi connectivity index (χ4n) is 2.02. The zero-order chi connectivity index (χ0) is 13.4. The van der Waals surface area contributed by atoms with E-state index in [-0.39, 0.29) is 0 Å². The van der Waals surface area contributed by atoms with E-state index in [1.165, 1.54) is 17.5 Å². The number of rotatable bonds is 3. The molecule has 4 nitrogen and oxygen atoms in total. The first-order valence-electron chi connectivity index (χ1n) is 5.57. The van der Waals surface area contributed by atoms with Gasteiger partial charge in [-0.25, -0.2) is 4.79 Å². The van der Waals surface area contributed by atoms with Crippen LogP contribution in [0.15, 0.2) is 36.7 Å². The van der Waals surface area contributed by atoms with Crippen LogP contribution in [0.25, 0.3) is 10.1 Å². The van der Waals surface area contributed by atoms with Crippen LogP contribution in [0.5, 0.6) is 0 Å². The summed E-state index contributed by atoms with van der Waals surface area (Å²) in [5, 5.41) is 14.9. The van der Waals surface area contributed by atoms with Crippen molar-refractivity contribution in [2.24, 2.45) is 0 Å². The molecular weight excluding hydrogens is 284 g/mol. The van der Waals surface area contributed by atoms with Gasteiger partial charge in [-0.3, -0.25) is 4.68 Å². The van der Waals surface area contributed by atoms with Crippen LogP contribution in [-0.2, 0) is 6.54 Å². The van der Waals surface area contributed by atoms with Crippen LogP contribution in [0.1, 0.15) is 15.2 Å². The van der Waals surface area contributed by atoms with Crippen LogP contribution < -0.4 is 0 Å². The number of nitrogens with zero attached hydrogens (tertiary/aromatic N) is 2. The molecule has 0 fully saturated rings. The van der Waals surface area contributed by atoms with E-state index in [2.05, 4.69) is 5.10 Å². The minimum Gasteiger partial charge on any atom is -0.477 e. The summed E-state index contributed by atoms with van der Waals surface area (Å²) in [6, 6.07) is 7.66. The number of benzene rings is 1. The molecule has 0 saturated heterocycles. The van der Waals surface area contributed by atoms with Crippen LogP contribution >= 0.6 is 22.9 Å². The van der Waals surface area contributed by atoms with Gasteiger partial charge in [-0.2, -0.15) is 5.10 Å². The molecule has 0 atom stereocenters. The Morgan fingerprint density at radius 2 is 2.21 bits per heavy atom. The molecule has 0 aliphatic heterocycles. The molecule has 2 aromatic heterocycles. The summed E-state index contributed by atoms with van der Waals surface area (Å²) in [5.41, 5.74) is 0.771. The summed E-state index contributed by atoms with van der Waals surface area (Å²) < 4.78 is 2.61. The maximum Gasteiger partial charge on any atom is 0.346 e. The van der Waals surface area contributed by atoms with Crippen molar-refractivity contribution in [2.45, 2.75) is 6.54 Å². The summed E-state index contributed by atoms with van der Waals surface area (Å²) in [6.07, 6.45) is 3.22. The Bertz CT molecular complexity index is 763. The van der Waals surface area contributed by atoms with E-state index < -0.39 is 5.97 Å². The third-order valence-electron chi connectivity index (χ3n) is 2.81. The first-order valence-corrected chi connectivity index (χ1v) is 6.76. The van der Waals surface area contributed by atoms with Gasteiger partial charge in [0.25, 0.3) is 0 Å². The van der Waals surface area contributed by atoms with Gasteiger partial charge >= 0.3 is 5.97 Å². The van der Waals surface area contributed by atoms with E-state index in [0.29, 0.717) is 16.4 Å². The van der Waals surface area contributed by atoms with Crippen LogP contribution in [0.2, 0.25) is 5.02 Å². The molecule has 0 bridgehead atoms. The van der Waals surface area contributed by atoms with Gasteiger partial charge in [-0.05, 0) is 11.5 Å². The van der Waals surface area contributed by atoms with Crippen molar-refractivity contribution >= 4 is 39.0 Å². The highest BCUT2D eigenvalue weighted by Gasteiger charge is 2.17. The van der Waals surface area contributed by atoms with Gasteiger partial charge in [0.05, 0.1) is 17.8 Å². The molecule has 0 saturated carbocycles.